The zero-order valence-electron chi connectivity index (χ0n) is 9.59. The van der Waals surface area contributed by atoms with Gasteiger partial charge >= 0.3 is 0 Å². The van der Waals surface area contributed by atoms with E-state index in [1.807, 2.05) is 0 Å². The molecule has 1 saturated carbocycles. The number of ketones is 1. The fourth-order valence-electron chi connectivity index (χ4n) is 2.66. The third-order valence-electron chi connectivity index (χ3n) is 3.71. The van der Waals surface area contributed by atoms with Gasteiger partial charge in [0.2, 0.25) is 0 Å². The van der Waals surface area contributed by atoms with Crippen LogP contribution in [0.25, 0.3) is 0 Å². The van der Waals surface area contributed by atoms with Crippen LogP contribution in [0.15, 0.2) is 11.8 Å². The van der Waals surface area contributed by atoms with E-state index in [2.05, 4.69) is 12.2 Å². The van der Waals surface area contributed by atoms with Crippen LogP contribution in [0.1, 0.15) is 51.9 Å². The average molecular weight is 207 g/mol. The minimum Gasteiger partial charge on any atom is -0.385 e. The van der Waals surface area contributed by atoms with E-state index in [1.165, 1.54) is 37.8 Å². The lowest BCUT2D eigenvalue weighted by molar-refractivity contribution is -0.114. The van der Waals surface area contributed by atoms with E-state index in [9.17, 15) is 4.79 Å². The predicted octanol–water partition coefficient (Wildman–Crippen LogP) is 2.79. The van der Waals surface area contributed by atoms with Gasteiger partial charge in [-0.3, -0.25) is 4.79 Å². The lowest BCUT2D eigenvalue weighted by Crippen LogP contribution is -2.33. The van der Waals surface area contributed by atoms with Gasteiger partial charge in [-0.15, -0.1) is 0 Å². The van der Waals surface area contributed by atoms with Crippen molar-refractivity contribution in [1.29, 1.82) is 0 Å². The van der Waals surface area contributed by atoms with Crippen molar-refractivity contribution in [2.24, 2.45) is 5.92 Å². The van der Waals surface area contributed by atoms with Crippen molar-refractivity contribution in [3.8, 4) is 0 Å². The normalized spacial score (nSPS) is 32.3. The van der Waals surface area contributed by atoms with Gasteiger partial charge in [-0.1, -0.05) is 26.2 Å². The molecule has 0 aromatic rings. The second-order valence-corrected chi connectivity index (χ2v) is 5.00. The van der Waals surface area contributed by atoms with Crippen LogP contribution in [0.5, 0.6) is 0 Å². The highest BCUT2D eigenvalue weighted by Gasteiger charge is 2.22. The molecule has 0 radical (unpaired) electrons. The largest absolute Gasteiger partial charge is 0.385 e. The Morgan fingerprint density at radius 1 is 1.20 bits per heavy atom. The van der Waals surface area contributed by atoms with E-state index >= 15 is 0 Å². The first-order valence-corrected chi connectivity index (χ1v) is 6.25. The smallest absolute Gasteiger partial charge is 0.157 e. The molecule has 0 aliphatic heterocycles. The Kier molecular flexibility index (Phi) is 3.45. The maximum Gasteiger partial charge on any atom is 0.157 e. The van der Waals surface area contributed by atoms with E-state index in [-0.39, 0.29) is 0 Å². The first-order chi connectivity index (χ1) is 7.25. The van der Waals surface area contributed by atoms with E-state index in [0.717, 1.165) is 12.3 Å². The highest BCUT2D eigenvalue weighted by atomic mass is 16.1. The summed E-state index contributed by atoms with van der Waals surface area (Å²) >= 11 is 0. The van der Waals surface area contributed by atoms with Crippen molar-refractivity contribution in [2.45, 2.75) is 57.9 Å². The van der Waals surface area contributed by atoms with E-state index < -0.39 is 0 Å². The molecule has 0 bridgehead atoms. The molecule has 0 saturated heterocycles. The summed E-state index contributed by atoms with van der Waals surface area (Å²) in [6, 6.07) is 0.602. The molecule has 2 atom stereocenters. The van der Waals surface area contributed by atoms with Crippen LogP contribution in [-0.4, -0.2) is 11.8 Å². The van der Waals surface area contributed by atoms with Crippen LogP contribution < -0.4 is 5.32 Å². The molecule has 1 fully saturated rings. The minimum absolute atomic E-state index is 0.291. The summed E-state index contributed by atoms with van der Waals surface area (Å²) in [5.74, 6) is 1.04. The van der Waals surface area contributed by atoms with Crippen LogP contribution in [0.4, 0.5) is 0 Å². The van der Waals surface area contributed by atoms with Gasteiger partial charge in [0.05, 0.1) is 0 Å². The SMILES string of the molecule is CC1CCCCCC1NC1=CC(=O)CC1. The number of carbonyl (C=O) groups excluding carboxylic acids is 1. The fraction of sp³-hybridized carbons (Fsp3) is 0.769. The molecule has 2 rings (SSSR count). The number of allylic oxidation sites excluding steroid dienone is 2. The minimum atomic E-state index is 0.291. The number of rotatable bonds is 2. The van der Waals surface area contributed by atoms with Gasteiger partial charge in [-0.25, -0.2) is 0 Å². The molecule has 0 aromatic carbocycles. The van der Waals surface area contributed by atoms with E-state index in [4.69, 9.17) is 0 Å². The first kappa shape index (κ1) is 10.7. The molecule has 0 spiro atoms. The zero-order chi connectivity index (χ0) is 10.7. The summed E-state index contributed by atoms with van der Waals surface area (Å²) < 4.78 is 0. The standard InChI is InChI=1S/C13H21NO/c1-10-5-3-2-4-6-13(10)14-11-7-8-12(15)9-11/h9-10,13-14H,2-8H2,1H3. The number of hydrogen-bond acceptors (Lipinski definition) is 2. The topological polar surface area (TPSA) is 29.1 Å². The summed E-state index contributed by atoms with van der Waals surface area (Å²) in [6.07, 6.45) is 10.1. The van der Waals surface area contributed by atoms with Crippen LogP contribution in [0.3, 0.4) is 0 Å². The zero-order valence-corrected chi connectivity index (χ0v) is 9.59. The van der Waals surface area contributed by atoms with E-state index in [1.54, 1.807) is 6.08 Å². The molecule has 0 amide bonds. The summed E-state index contributed by atoms with van der Waals surface area (Å²) in [6.45, 7) is 2.33. The Balaban J connectivity index is 1.91. The van der Waals surface area contributed by atoms with Gasteiger partial charge in [0.25, 0.3) is 0 Å². The van der Waals surface area contributed by atoms with Gasteiger partial charge in [-0.2, -0.15) is 0 Å². The fourth-order valence-corrected chi connectivity index (χ4v) is 2.66. The Hall–Kier alpha value is -0.790. The molecule has 84 valence electrons. The molecule has 0 heterocycles. The molecule has 1 N–H and O–H groups in total. The molecule has 2 aliphatic rings. The van der Waals surface area contributed by atoms with Crippen molar-refractivity contribution in [3.63, 3.8) is 0 Å². The average Bonchev–Trinajstić information content (AvgIpc) is 2.50. The molecule has 2 unspecified atom stereocenters. The molecule has 15 heavy (non-hydrogen) atoms. The molecule has 2 aliphatic carbocycles. The first-order valence-electron chi connectivity index (χ1n) is 6.25. The lowest BCUT2D eigenvalue weighted by Gasteiger charge is -2.24. The maximum atomic E-state index is 11.1. The summed E-state index contributed by atoms with van der Waals surface area (Å²) in [5, 5.41) is 3.58. The Morgan fingerprint density at radius 3 is 2.73 bits per heavy atom. The molecule has 2 nitrogen and oxygen atoms in total. The molecule has 2 heteroatoms. The second kappa shape index (κ2) is 4.82. The predicted molar refractivity (Wildman–Crippen MR) is 61.5 cm³/mol. The van der Waals surface area contributed by atoms with Crippen LogP contribution in [0.2, 0.25) is 0 Å². The molecule has 0 aromatic heterocycles. The highest BCUT2D eigenvalue weighted by molar-refractivity contribution is 5.92. The number of hydrogen-bond donors (Lipinski definition) is 1. The van der Waals surface area contributed by atoms with Gasteiger partial charge in [0.15, 0.2) is 5.78 Å². The van der Waals surface area contributed by atoms with Crippen LogP contribution >= 0.6 is 0 Å². The third kappa shape index (κ3) is 2.83. The van der Waals surface area contributed by atoms with Crippen molar-refractivity contribution in [3.05, 3.63) is 11.8 Å². The Bertz CT molecular complexity index is 270. The molecular weight excluding hydrogens is 186 g/mol. The van der Waals surface area contributed by atoms with Gasteiger partial charge in [0, 0.05) is 24.2 Å². The van der Waals surface area contributed by atoms with Crippen molar-refractivity contribution in [2.75, 3.05) is 0 Å². The number of nitrogens with one attached hydrogen (secondary N) is 1. The van der Waals surface area contributed by atoms with Crippen LogP contribution in [-0.2, 0) is 4.79 Å². The summed E-state index contributed by atoms with van der Waals surface area (Å²) in [7, 11) is 0. The van der Waals surface area contributed by atoms with Gasteiger partial charge < -0.3 is 5.32 Å². The summed E-state index contributed by atoms with van der Waals surface area (Å²) in [5.41, 5.74) is 1.18. The number of carbonyl (C=O) groups is 1. The Labute approximate surface area is 92.1 Å². The van der Waals surface area contributed by atoms with Crippen LogP contribution in [0, 0.1) is 5.92 Å². The van der Waals surface area contributed by atoms with Crippen molar-refractivity contribution in [1.82, 2.24) is 5.32 Å². The Morgan fingerprint density at radius 2 is 2.00 bits per heavy atom. The summed E-state index contributed by atoms with van der Waals surface area (Å²) in [4.78, 5) is 11.1. The highest BCUT2D eigenvalue weighted by Crippen LogP contribution is 2.25. The third-order valence-corrected chi connectivity index (χ3v) is 3.71. The van der Waals surface area contributed by atoms with Gasteiger partial charge in [0.1, 0.15) is 0 Å². The van der Waals surface area contributed by atoms with Crippen molar-refractivity contribution < 1.29 is 4.79 Å². The quantitative estimate of drug-likeness (QED) is 0.705. The van der Waals surface area contributed by atoms with E-state index in [0.29, 0.717) is 18.2 Å². The lowest BCUT2D eigenvalue weighted by atomic mass is 9.96. The van der Waals surface area contributed by atoms with Gasteiger partial charge in [-0.05, 0) is 25.2 Å². The van der Waals surface area contributed by atoms with Crippen molar-refractivity contribution >= 4 is 5.78 Å². The second-order valence-electron chi connectivity index (χ2n) is 5.00. The monoisotopic (exact) mass is 207 g/mol. The maximum absolute atomic E-state index is 11.1. The molecular formula is C13H21NO.